The molecule has 202 valence electrons. The van der Waals surface area contributed by atoms with Crippen molar-refractivity contribution in [3.63, 3.8) is 0 Å². The summed E-state index contributed by atoms with van der Waals surface area (Å²) in [5, 5.41) is 6.48. The number of rotatable bonds is 5. The molecule has 1 aliphatic carbocycles. The molecule has 4 aromatic carbocycles. The number of benzene rings is 4. The lowest BCUT2D eigenvalue weighted by Crippen LogP contribution is -2.44. The van der Waals surface area contributed by atoms with Crippen LogP contribution in [0.2, 0.25) is 0 Å². The van der Waals surface area contributed by atoms with Crippen molar-refractivity contribution in [1.29, 1.82) is 0 Å². The van der Waals surface area contributed by atoms with Crippen LogP contribution in [0.1, 0.15) is 59.7 Å². The molecule has 0 saturated carbocycles. The summed E-state index contributed by atoms with van der Waals surface area (Å²) in [6.07, 6.45) is 1.70. The van der Waals surface area contributed by atoms with Gasteiger partial charge in [-0.15, -0.1) is 0 Å². The molecule has 2 aliphatic heterocycles. The van der Waals surface area contributed by atoms with E-state index in [1.165, 1.54) is 7.11 Å². The summed E-state index contributed by atoms with van der Waals surface area (Å²) in [5.74, 6) is -0.853. The highest BCUT2D eigenvalue weighted by Gasteiger charge is 2.73. The molecule has 0 bridgehead atoms. The Hall–Kier alpha value is -5.04. The Morgan fingerprint density at radius 2 is 1.44 bits per heavy atom. The first kappa shape index (κ1) is 25.0. The molecule has 0 aromatic heterocycles. The van der Waals surface area contributed by atoms with Crippen molar-refractivity contribution in [3.05, 3.63) is 130 Å². The fraction of sp³-hybridized carbons (Fsp3) is 0.176. The van der Waals surface area contributed by atoms with E-state index in [0.717, 1.165) is 11.1 Å². The molecular formula is C34H26N2O5. The summed E-state index contributed by atoms with van der Waals surface area (Å²) in [7, 11) is 3.09. The molecule has 3 aliphatic rings. The number of hydrogen-bond donors (Lipinski definition) is 0. The van der Waals surface area contributed by atoms with Crippen molar-refractivity contribution in [2.75, 3.05) is 14.2 Å². The number of methoxy groups -OCH3 is 2. The van der Waals surface area contributed by atoms with Crippen molar-refractivity contribution >= 4 is 23.6 Å². The first-order chi connectivity index (χ1) is 20.0. The molecule has 3 atom stereocenters. The normalized spacial score (nSPS) is 21.4. The first-order valence-corrected chi connectivity index (χ1v) is 13.4. The molecule has 0 N–H and O–H groups in total. The summed E-state index contributed by atoms with van der Waals surface area (Å²) in [4.78, 5) is 44.3. The van der Waals surface area contributed by atoms with E-state index in [2.05, 4.69) is 0 Å². The average molecular weight is 543 g/mol. The number of ketones is 3. The van der Waals surface area contributed by atoms with Crippen LogP contribution in [-0.4, -0.2) is 48.8 Å². The van der Waals surface area contributed by atoms with Gasteiger partial charge in [-0.1, -0.05) is 78.9 Å². The predicted molar refractivity (Wildman–Crippen MR) is 153 cm³/mol. The Kier molecular flexibility index (Phi) is 5.64. The van der Waals surface area contributed by atoms with Gasteiger partial charge in [-0.05, 0) is 29.3 Å². The van der Waals surface area contributed by atoms with Gasteiger partial charge < -0.3 is 9.47 Å². The molecule has 2 heterocycles. The van der Waals surface area contributed by atoms with E-state index in [1.807, 2.05) is 30.3 Å². The largest absolute Gasteiger partial charge is 0.497 e. The monoisotopic (exact) mass is 542 g/mol. The van der Waals surface area contributed by atoms with E-state index in [0.29, 0.717) is 33.8 Å². The fourth-order valence-electron chi connectivity index (χ4n) is 6.97. The lowest BCUT2D eigenvalue weighted by atomic mass is 9.62. The van der Waals surface area contributed by atoms with E-state index in [4.69, 9.17) is 14.6 Å². The van der Waals surface area contributed by atoms with Crippen molar-refractivity contribution < 1.29 is 23.9 Å². The topological polar surface area (TPSA) is 85.3 Å². The van der Waals surface area contributed by atoms with Crippen molar-refractivity contribution in [3.8, 4) is 11.5 Å². The minimum absolute atomic E-state index is 0.240. The van der Waals surface area contributed by atoms with Gasteiger partial charge in [0.15, 0.2) is 17.3 Å². The van der Waals surface area contributed by atoms with Gasteiger partial charge >= 0.3 is 0 Å². The summed E-state index contributed by atoms with van der Waals surface area (Å²) in [5.41, 5.74) is 1.59. The van der Waals surface area contributed by atoms with E-state index in [-0.39, 0.29) is 17.3 Å². The third-order valence-corrected chi connectivity index (χ3v) is 8.67. The van der Waals surface area contributed by atoms with Crippen LogP contribution in [0.15, 0.2) is 102 Å². The zero-order valence-corrected chi connectivity index (χ0v) is 22.5. The first-order valence-electron chi connectivity index (χ1n) is 13.4. The van der Waals surface area contributed by atoms with Crippen molar-refractivity contribution in [2.45, 2.75) is 18.0 Å². The lowest BCUT2D eigenvalue weighted by Gasteiger charge is -2.36. The van der Waals surface area contributed by atoms with Crippen LogP contribution in [-0.2, 0) is 0 Å². The molecule has 41 heavy (non-hydrogen) atoms. The summed E-state index contributed by atoms with van der Waals surface area (Å²) >= 11 is 0. The number of ether oxygens (including phenoxy) is 2. The second-order valence-electron chi connectivity index (χ2n) is 10.5. The molecule has 1 spiro atoms. The van der Waals surface area contributed by atoms with Crippen LogP contribution in [0.3, 0.4) is 0 Å². The smallest absolute Gasteiger partial charge is 0.187 e. The molecule has 7 heteroatoms. The van der Waals surface area contributed by atoms with Crippen LogP contribution in [0.4, 0.5) is 0 Å². The molecule has 1 saturated heterocycles. The maximum atomic E-state index is 14.9. The van der Waals surface area contributed by atoms with E-state index < -0.39 is 23.4 Å². The third kappa shape index (κ3) is 3.32. The van der Waals surface area contributed by atoms with Gasteiger partial charge in [0.2, 0.25) is 0 Å². The van der Waals surface area contributed by atoms with Crippen molar-refractivity contribution in [2.24, 2.45) is 10.5 Å². The van der Waals surface area contributed by atoms with Crippen LogP contribution in [0.5, 0.6) is 11.5 Å². The number of nitrogens with zero attached hydrogens (tertiary/aromatic N) is 2. The fourth-order valence-corrected chi connectivity index (χ4v) is 6.97. The Bertz CT molecular complexity index is 1730. The predicted octanol–water partition coefficient (Wildman–Crippen LogP) is 5.51. The highest BCUT2D eigenvalue weighted by molar-refractivity contribution is 6.31. The summed E-state index contributed by atoms with van der Waals surface area (Å²) in [6.45, 7) is 0. The van der Waals surface area contributed by atoms with Gasteiger partial charge in [0, 0.05) is 28.2 Å². The van der Waals surface area contributed by atoms with Crippen LogP contribution in [0, 0.1) is 5.41 Å². The number of hydrogen-bond acceptors (Lipinski definition) is 7. The molecule has 1 fully saturated rings. The zero-order valence-electron chi connectivity index (χ0n) is 22.5. The minimum Gasteiger partial charge on any atom is -0.497 e. The zero-order chi connectivity index (χ0) is 28.3. The van der Waals surface area contributed by atoms with E-state index in [1.54, 1.807) is 85.1 Å². The maximum absolute atomic E-state index is 14.9. The second kappa shape index (κ2) is 9.27. The Morgan fingerprint density at radius 3 is 2.12 bits per heavy atom. The van der Waals surface area contributed by atoms with Gasteiger partial charge in [-0.3, -0.25) is 19.4 Å². The molecule has 3 unspecified atom stereocenters. The standard InChI is InChI=1S/C34H26N2O5/c1-40-22-16-17-27(41-2)26(18-22)28-29(30(37)20-10-4-3-5-11-20)36-31(23-13-7-6-12-21(23)19-35-36)34(28)32(38)24-14-8-9-15-25(24)33(34)39/h3-19,28-29,31H,1-2H3. The molecule has 0 amide bonds. The minimum atomic E-state index is -1.69. The highest BCUT2D eigenvalue weighted by atomic mass is 16.5. The van der Waals surface area contributed by atoms with Crippen molar-refractivity contribution in [1.82, 2.24) is 5.01 Å². The maximum Gasteiger partial charge on any atom is 0.187 e. The van der Waals surface area contributed by atoms with E-state index >= 15 is 0 Å². The third-order valence-electron chi connectivity index (χ3n) is 8.67. The molecule has 0 radical (unpaired) electrons. The Balaban J connectivity index is 1.59. The summed E-state index contributed by atoms with van der Waals surface area (Å²) < 4.78 is 11.4. The van der Waals surface area contributed by atoms with Gasteiger partial charge in [-0.25, -0.2) is 0 Å². The van der Waals surface area contributed by atoms with Gasteiger partial charge in [0.1, 0.15) is 23.0 Å². The second-order valence-corrected chi connectivity index (χ2v) is 10.5. The van der Waals surface area contributed by atoms with Gasteiger partial charge in [-0.2, -0.15) is 5.10 Å². The summed E-state index contributed by atoms with van der Waals surface area (Å²) in [6, 6.07) is 26.9. The molecule has 7 nitrogen and oxygen atoms in total. The Morgan fingerprint density at radius 1 is 0.780 bits per heavy atom. The molecule has 7 rings (SSSR count). The highest BCUT2D eigenvalue weighted by Crippen LogP contribution is 2.65. The molecule has 4 aromatic rings. The SMILES string of the molecule is COc1ccc(OC)c(C2C(C(=O)c3ccccc3)N3N=Cc4ccccc4C3C23C(=O)c2ccccc2C3=O)c1. The van der Waals surface area contributed by atoms with Gasteiger partial charge in [0.25, 0.3) is 0 Å². The number of fused-ring (bicyclic) bond motifs is 5. The van der Waals surface area contributed by atoms with Crippen LogP contribution >= 0.6 is 0 Å². The molecular weight excluding hydrogens is 516 g/mol. The van der Waals surface area contributed by atoms with Crippen LogP contribution in [0.25, 0.3) is 0 Å². The Labute approximate surface area is 237 Å². The number of hydrazone groups is 1. The number of carbonyl (C=O) groups is 3. The van der Waals surface area contributed by atoms with Gasteiger partial charge in [0.05, 0.1) is 26.5 Å². The van der Waals surface area contributed by atoms with Crippen LogP contribution < -0.4 is 9.47 Å². The lowest BCUT2D eigenvalue weighted by molar-refractivity contribution is 0.0585. The number of Topliss-reactive ketones (excluding diaryl/α,β-unsaturated/α-hetero) is 3. The van der Waals surface area contributed by atoms with E-state index in [9.17, 15) is 14.4 Å². The number of carbonyl (C=O) groups excluding carboxylic acids is 3. The quantitative estimate of drug-likeness (QED) is 0.244. The average Bonchev–Trinajstić information content (AvgIpc) is 3.46.